The molecule has 1 heterocycles. The topological polar surface area (TPSA) is 126 Å². The molecule has 2 aromatic rings. The summed E-state index contributed by atoms with van der Waals surface area (Å²) < 4.78 is 1.58. The van der Waals surface area contributed by atoms with Gasteiger partial charge in [-0.05, 0) is 31.0 Å². The summed E-state index contributed by atoms with van der Waals surface area (Å²) in [7, 11) is 1.55. The Balaban J connectivity index is 0.00000243. The van der Waals surface area contributed by atoms with Crippen molar-refractivity contribution in [1.29, 1.82) is 5.41 Å². The number of nitrogens with one attached hydrogen (secondary N) is 3. The average molecular weight is 397 g/mol. The van der Waals surface area contributed by atoms with Crippen LogP contribution in [0.4, 0.5) is 0 Å². The maximum absolute atomic E-state index is 12.3. The summed E-state index contributed by atoms with van der Waals surface area (Å²) in [6.07, 6.45) is 3.28. The van der Waals surface area contributed by atoms with Crippen LogP contribution in [-0.2, 0) is 0 Å². The molecule has 0 spiro atoms. The van der Waals surface area contributed by atoms with Crippen molar-refractivity contribution in [3.05, 3.63) is 46.2 Å². The molecule has 1 aromatic carbocycles. The zero-order valence-corrected chi connectivity index (χ0v) is 15.4. The summed E-state index contributed by atoms with van der Waals surface area (Å²) in [5.41, 5.74) is 7.25. The van der Waals surface area contributed by atoms with Gasteiger partial charge in [-0.1, -0.05) is 11.6 Å². The standard InChI is InChI=1S/C16H17ClN6O2.ClH/c1-20-14(24)9-4-5-11(17)12(6-9)23-13(8-2-3-8)10(7-21-23)15(25)22-16(18)19;/h4-8H,2-3H2,1H3,(H,20,24)(H4,18,19,22,25);1H. The first-order chi connectivity index (χ1) is 11.9. The number of aromatic nitrogens is 2. The fourth-order valence-electron chi connectivity index (χ4n) is 2.62. The Morgan fingerprint density at radius 1 is 1.35 bits per heavy atom. The first-order valence-electron chi connectivity index (χ1n) is 7.67. The number of rotatable bonds is 4. The second-order valence-corrected chi connectivity index (χ2v) is 6.15. The van der Waals surface area contributed by atoms with E-state index in [2.05, 4.69) is 15.7 Å². The minimum Gasteiger partial charge on any atom is -0.370 e. The molecule has 138 valence electrons. The van der Waals surface area contributed by atoms with Crippen molar-refractivity contribution in [2.24, 2.45) is 5.73 Å². The lowest BCUT2D eigenvalue weighted by atomic mass is 10.1. The van der Waals surface area contributed by atoms with Crippen LogP contribution in [0, 0.1) is 5.41 Å². The SMILES string of the molecule is CNC(=O)c1ccc(Cl)c(-n2ncc(C(=O)NC(=N)N)c2C2CC2)c1.Cl. The molecule has 0 atom stereocenters. The fourth-order valence-corrected chi connectivity index (χ4v) is 2.82. The Labute approximate surface area is 161 Å². The van der Waals surface area contributed by atoms with Crippen LogP contribution in [0.1, 0.15) is 45.2 Å². The maximum atomic E-state index is 12.3. The van der Waals surface area contributed by atoms with E-state index < -0.39 is 11.9 Å². The van der Waals surface area contributed by atoms with Gasteiger partial charge in [0.1, 0.15) is 0 Å². The summed E-state index contributed by atoms with van der Waals surface area (Å²) in [6.45, 7) is 0. The van der Waals surface area contributed by atoms with Crippen molar-refractivity contribution in [2.45, 2.75) is 18.8 Å². The largest absolute Gasteiger partial charge is 0.370 e. The van der Waals surface area contributed by atoms with Gasteiger partial charge in [-0.25, -0.2) is 4.68 Å². The third kappa shape index (κ3) is 3.81. The van der Waals surface area contributed by atoms with Gasteiger partial charge in [0, 0.05) is 18.5 Å². The van der Waals surface area contributed by atoms with Gasteiger partial charge in [-0.3, -0.25) is 20.3 Å². The molecular weight excluding hydrogens is 379 g/mol. The van der Waals surface area contributed by atoms with Crippen LogP contribution < -0.4 is 16.4 Å². The van der Waals surface area contributed by atoms with Gasteiger partial charge >= 0.3 is 0 Å². The number of hydrogen-bond acceptors (Lipinski definition) is 4. The highest BCUT2D eigenvalue weighted by Crippen LogP contribution is 2.43. The molecule has 0 unspecified atom stereocenters. The molecule has 26 heavy (non-hydrogen) atoms. The van der Waals surface area contributed by atoms with Crippen LogP contribution in [0.3, 0.4) is 0 Å². The molecule has 8 nitrogen and oxygen atoms in total. The van der Waals surface area contributed by atoms with Crippen LogP contribution in [0.15, 0.2) is 24.4 Å². The summed E-state index contributed by atoms with van der Waals surface area (Å²) in [5, 5.41) is 16.8. The van der Waals surface area contributed by atoms with Gasteiger partial charge in [-0.15, -0.1) is 12.4 Å². The van der Waals surface area contributed by atoms with Crippen LogP contribution in [0.5, 0.6) is 0 Å². The van der Waals surface area contributed by atoms with E-state index >= 15 is 0 Å². The first kappa shape index (κ1) is 19.7. The Hall–Kier alpha value is -2.58. The van der Waals surface area contributed by atoms with Crippen molar-refractivity contribution in [3.8, 4) is 5.69 Å². The lowest BCUT2D eigenvalue weighted by Crippen LogP contribution is -2.36. The number of carbonyl (C=O) groups excluding carboxylic acids is 2. The number of amides is 2. The highest BCUT2D eigenvalue weighted by atomic mass is 35.5. The van der Waals surface area contributed by atoms with Crippen LogP contribution in [-0.4, -0.2) is 34.6 Å². The predicted molar refractivity (Wildman–Crippen MR) is 101 cm³/mol. The second kappa shape index (κ2) is 7.76. The zero-order chi connectivity index (χ0) is 18.1. The minimum absolute atomic E-state index is 0. The molecule has 2 amide bonds. The van der Waals surface area contributed by atoms with Crippen molar-refractivity contribution >= 4 is 41.8 Å². The monoisotopic (exact) mass is 396 g/mol. The average Bonchev–Trinajstić information content (AvgIpc) is 3.32. The number of hydrogen-bond donors (Lipinski definition) is 4. The van der Waals surface area contributed by atoms with Gasteiger partial charge in [0.25, 0.3) is 11.8 Å². The molecule has 1 aliphatic rings. The Bertz CT molecular complexity index is 876. The maximum Gasteiger partial charge on any atom is 0.261 e. The molecular formula is C16H18Cl2N6O2. The van der Waals surface area contributed by atoms with Crippen molar-refractivity contribution in [2.75, 3.05) is 7.05 Å². The van der Waals surface area contributed by atoms with Crippen LogP contribution in [0.2, 0.25) is 5.02 Å². The lowest BCUT2D eigenvalue weighted by molar-refractivity contribution is 0.0958. The summed E-state index contributed by atoms with van der Waals surface area (Å²) in [6, 6.07) is 4.87. The molecule has 0 radical (unpaired) electrons. The molecule has 1 fully saturated rings. The van der Waals surface area contributed by atoms with E-state index in [-0.39, 0.29) is 24.2 Å². The molecule has 0 aliphatic heterocycles. The van der Waals surface area contributed by atoms with Crippen molar-refractivity contribution < 1.29 is 9.59 Å². The third-order valence-electron chi connectivity index (χ3n) is 3.93. The molecule has 1 aliphatic carbocycles. The Kier molecular flexibility index (Phi) is 5.89. The summed E-state index contributed by atoms with van der Waals surface area (Å²) in [5.74, 6) is -0.985. The van der Waals surface area contributed by atoms with Crippen molar-refractivity contribution in [3.63, 3.8) is 0 Å². The van der Waals surface area contributed by atoms with Crippen LogP contribution in [0.25, 0.3) is 5.69 Å². The van der Waals surface area contributed by atoms with Crippen molar-refractivity contribution in [1.82, 2.24) is 20.4 Å². The number of carbonyl (C=O) groups is 2. The molecule has 3 rings (SSSR count). The van der Waals surface area contributed by atoms with Crippen LogP contribution >= 0.6 is 24.0 Å². The molecule has 1 saturated carbocycles. The Morgan fingerprint density at radius 3 is 2.62 bits per heavy atom. The lowest BCUT2D eigenvalue weighted by Gasteiger charge is -2.12. The highest BCUT2D eigenvalue weighted by molar-refractivity contribution is 6.32. The highest BCUT2D eigenvalue weighted by Gasteiger charge is 2.33. The molecule has 0 saturated heterocycles. The minimum atomic E-state index is -0.487. The molecule has 1 aromatic heterocycles. The number of nitrogens with zero attached hydrogens (tertiary/aromatic N) is 2. The van der Waals surface area contributed by atoms with E-state index in [9.17, 15) is 9.59 Å². The molecule has 5 N–H and O–H groups in total. The van der Waals surface area contributed by atoms with E-state index in [1.165, 1.54) is 6.20 Å². The van der Waals surface area contributed by atoms with E-state index in [0.717, 1.165) is 12.8 Å². The summed E-state index contributed by atoms with van der Waals surface area (Å²) in [4.78, 5) is 24.2. The van der Waals surface area contributed by atoms with E-state index in [1.54, 1.807) is 29.9 Å². The number of guanidine groups is 1. The van der Waals surface area contributed by atoms with Gasteiger partial charge in [0.05, 0.1) is 28.2 Å². The van der Waals surface area contributed by atoms with Gasteiger partial charge in [0.15, 0.2) is 5.96 Å². The number of benzene rings is 1. The normalized spacial score (nSPS) is 12.8. The summed E-state index contributed by atoms with van der Waals surface area (Å²) >= 11 is 6.30. The third-order valence-corrected chi connectivity index (χ3v) is 4.25. The first-order valence-corrected chi connectivity index (χ1v) is 8.05. The van der Waals surface area contributed by atoms with E-state index in [1.807, 2.05) is 0 Å². The fraction of sp³-hybridized carbons (Fsp3) is 0.250. The smallest absolute Gasteiger partial charge is 0.261 e. The van der Waals surface area contributed by atoms with Gasteiger partial charge < -0.3 is 11.1 Å². The van der Waals surface area contributed by atoms with E-state index in [4.69, 9.17) is 22.7 Å². The number of nitrogens with two attached hydrogens (primary N) is 1. The van der Waals surface area contributed by atoms with E-state index in [0.29, 0.717) is 27.5 Å². The Morgan fingerprint density at radius 2 is 2.04 bits per heavy atom. The quantitative estimate of drug-likeness (QED) is 0.464. The number of halogens is 2. The second-order valence-electron chi connectivity index (χ2n) is 5.74. The zero-order valence-electron chi connectivity index (χ0n) is 13.9. The predicted octanol–water partition coefficient (Wildman–Crippen LogP) is 1.81. The van der Waals surface area contributed by atoms with Gasteiger partial charge in [-0.2, -0.15) is 5.10 Å². The molecule has 10 heteroatoms. The van der Waals surface area contributed by atoms with Gasteiger partial charge in [0.2, 0.25) is 0 Å². The molecule has 0 bridgehead atoms.